The Morgan fingerprint density at radius 3 is 2.56 bits per heavy atom. The van der Waals surface area contributed by atoms with Crippen molar-refractivity contribution < 1.29 is 17.9 Å². The first-order valence-corrected chi connectivity index (χ1v) is 7.66. The third-order valence-corrected chi connectivity index (χ3v) is 4.89. The van der Waals surface area contributed by atoms with Crippen molar-refractivity contribution in [1.29, 1.82) is 0 Å². The minimum Gasteiger partial charge on any atom is -0.468 e. The van der Waals surface area contributed by atoms with Crippen LogP contribution in [0.1, 0.15) is 5.56 Å². The van der Waals surface area contributed by atoms with Gasteiger partial charge in [-0.1, -0.05) is 34.1 Å². The monoisotopic (exact) mass is 335 g/mol. The minimum absolute atomic E-state index is 0.188. The number of carbonyl (C=O) groups excluding carboxylic acids is 1. The van der Waals surface area contributed by atoms with Crippen LogP contribution < -0.4 is 0 Å². The fraction of sp³-hybridized carbons (Fsp3) is 0.364. The number of methoxy groups -OCH3 is 1. The molecule has 0 N–H and O–H groups in total. The molecule has 0 radical (unpaired) electrons. The standard InChI is InChI=1S/C11H14BrNO4S/c1-13(8-11(14)17-2)18(15,16)10-6-4-3-5-9(10)7-12/h3-6H,7-8H2,1-2H3. The van der Waals surface area contributed by atoms with Crippen LogP contribution in [-0.2, 0) is 24.9 Å². The fourth-order valence-electron chi connectivity index (χ4n) is 1.37. The van der Waals surface area contributed by atoms with Crippen LogP contribution in [0.2, 0.25) is 0 Å². The average Bonchev–Trinajstić information content (AvgIpc) is 2.38. The Labute approximate surface area is 115 Å². The Kier molecular flexibility index (Phi) is 5.30. The zero-order valence-corrected chi connectivity index (χ0v) is 12.5. The summed E-state index contributed by atoms with van der Waals surface area (Å²) in [4.78, 5) is 11.3. The van der Waals surface area contributed by atoms with Gasteiger partial charge in [-0.15, -0.1) is 0 Å². The summed E-state index contributed by atoms with van der Waals surface area (Å²) in [5, 5.41) is 0.425. The van der Waals surface area contributed by atoms with Crippen molar-refractivity contribution in [1.82, 2.24) is 4.31 Å². The number of ether oxygens (including phenoxy) is 1. The average molecular weight is 336 g/mol. The number of likely N-dealkylation sites (N-methyl/N-ethyl adjacent to an activating group) is 1. The van der Waals surface area contributed by atoms with Crippen molar-refractivity contribution in [2.75, 3.05) is 20.7 Å². The maximum absolute atomic E-state index is 12.3. The molecule has 1 aromatic carbocycles. The van der Waals surface area contributed by atoms with Gasteiger partial charge in [-0.05, 0) is 11.6 Å². The van der Waals surface area contributed by atoms with E-state index in [1.165, 1.54) is 20.2 Å². The van der Waals surface area contributed by atoms with E-state index in [0.717, 1.165) is 4.31 Å². The second-order valence-corrected chi connectivity index (χ2v) is 6.15. The molecule has 0 unspecified atom stereocenters. The molecule has 0 amide bonds. The third kappa shape index (κ3) is 3.30. The zero-order chi connectivity index (χ0) is 13.8. The molecule has 7 heteroatoms. The second kappa shape index (κ2) is 6.31. The smallest absolute Gasteiger partial charge is 0.321 e. The molecule has 100 valence electrons. The Bertz CT molecular complexity index is 530. The zero-order valence-electron chi connectivity index (χ0n) is 10.1. The molecule has 0 aliphatic carbocycles. The molecule has 0 bridgehead atoms. The lowest BCUT2D eigenvalue weighted by atomic mass is 10.2. The van der Waals surface area contributed by atoms with Crippen molar-refractivity contribution in [3.63, 3.8) is 0 Å². The summed E-state index contributed by atoms with van der Waals surface area (Å²) in [6.07, 6.45) is 0. The van der Waals surface area contributed by atoms with Crippen LogP contribution in [0, 0.1) is 0 Å². The van der Waals surface area contributed by atoms with E-state index < -0.39 is 16.0 Å². The van der Waals surface area contributed by atoms with Crippen molar-refractivity contribution >= 4 is 31.9 Å². The van der Waals surface area contributed by atoms with Gasteiger partial charge in [-0.2, -0.15) is 4.31 Å². The third-order valence-electron chi connectivity index (χ3n) is 2.38. The molecule has 0 atom stereocenters. The Morgan fingerprint density at radius 1 is 1.39 bits per heavy atom. The van der Waals surface area contributed by atoms with Gasteiger partial charge in [0, 0.05) is 12.4 Å². The molecule has 0 fully saturated rings. The molecule has 5 nitrogen and oxygen atoms in total. The molecule has 0 aliphatic heterocycles. The van der Waals surface area contributed by atoms with Gasteiger partial charge in [-0.25, -0.2) is 8.42 Å². The highest BCUT2D eigenvalue weighted by molar-refractivity contribution is 9.08. The molecule has 0 heterocycles. The number of esters is 1. The largest absolute Gasteiger partial charge is 0.468 e. The molecular formula is C11H14BrNO4S. The van der Waals surface area contributed by atoms with Gasteiger partial charge < -0.3 is 4.74 Å². The molecule has 0 spiro atoms. The highest BCUT2D eigenvalue weighted by atomic mass is 79.9. The van der Waals surface area contributed by atoms with E-state index >= 15 is 0 Å². The molecule has 0 aliphatic rings. The highest BCUT2D eigenvalue weighted by Crippen LogP contribution is 2.21. The fourth-order valence-corrected chi connectivity index (χ4v) is 3.37. The summed E-state index contributed by atoms with van der Waals surface area (Å²) >= 11 is 3.24. The van der Waals surface area contributed by atoms with E-state index in [1.54, 1.807) is 18.2 Å². The van der Waals surface area contributed by atoms with Gasteiger partial charge in [0.2, 0.25) is 10.0 Å². The van der Waals surface area contributed by atoms with Crippen molar-refractivity contribution in [3.05, 3.63) is 29.8 Å². The maximum atomic E-state index is 12.3. The summed E-state index contributed by atoms with van der Waals surface area (Å²) in [5.41, 5.74) is 0.647. The number of benzene rings is 1. The lowest BCUT2D eigenvalue weighted by Gasteiger charge is -2.17. The van der Waals surface area contributed by atoms with Crippen LogP contribution in [0.15, 0.2) is 29.2 Å². The number of nitrogens with zero attached hydrogens (tertiary/aromatic N) is 1. The predicted octanol–water partition coefficient (Wildman–Crippen LogP) is 1.37. The number of halogens is 1. The molecule has 0 saturated heterocycles. The van der Waals surface area contributed by atoms with Crippen LogP contribution in [-0.4, -0.2) is 39.4 Å². The van der Waals surface area contributed by atoms with Crippen LogP contribution in [0.4, 0.5) is 0 Å². The Balaban J connectivity index is 3.09. The molecule has 1 rings (SSSR count). The van der Waals surface area contributed by atoms with E-state index in [-0.39, 0.29) is 11.4 Å². The molecular weight excluding hydrogens is 322 g/mol. The SMILES string of the molecule is COC(=O)CN(C)S(=O)(=O)c1ccccc1CBr. The highest BCUT2D eigenvalue weighted by Gasteiger charge is 2.25. The normalized spacial score (nSPS) is 11.6. The van der Waals surface area contributed by atoms with E-state index in [1.807, 2.05) is 0 Å². The summed E-state index contributed by atoms with van der Waals surface area (Å²) in [7, 11) is -1.12. The summed E-state index contributed by atoms with van der Waals surface area (Å²) < 4.78 is 29.9. The number of hydrogen-bond donors (Lipinski definition) is 0. The number of rotatable bonds is 5. The number of carbonyl (C=O) groups is 1. The van der Waals surface area contributed by atoms with Crippen LogP contribution in [0.25, 0.3) is 0 Å². The lowest BCUT2D eigenvalue weighted by molar-refractivity contribution is -0.140. The summed E-state index contributed by atoms with van der Waals surface area (Å²) in [6, 6.07) is 6.63. The van der Waals surface area contributed by atoms with E-state index in [0.29, 0.717) is 10.9 Å². The molecule has 0 saturated carbocycles. The first-order valence-electron chi connectivity index (χ1n) is 5.10. The number of hydrogen-bond acceptors (Lipinski definition) is 4. The lowest BCUT2D eigenvalue weighted by Crippen LogP contribution is -2.33. The molecule has 0 aromatic heterocycles. The van der Waals surface area contributed by atoms with Gasteiger partial charge in [0.25, 0.3) is 0 Å². The topological polar surface area (TPSA) is 63.7 Å². The van der Waals surface area contributed by atoms with Gasteiger partial charge in [0.1, 0.15) is 6.54 Å². The molecule has 18 heavy (non-hydrogen) atoms. The van der Waals surface area contributed by atoms with Gasteiger partial charge in [-0.3, -0.25) is 4.79 Å². The van der Waals surface area contributed by atoms with E-state index in [4.69, 9.17) is 0 Å². The van der Waals surface area contributed by atoms with Crippen LogP contribution in [0.3, 0.4) is 0 Å². The van der Waals surface area contributed by atoms with Crippen LogP contribution in [0.5, 0.6) is 0 Å². The number of sulfonamides is 1. The van der Waals surface area contributed by atoms with Crippen LogP contribution >= 0.6 is 15.9 Å². The molecule has 1 aromatic rings. The summed E-state index contributed by atoms with van der Waals surface area (Å²) in [6.45, 7) is -0.310. The van der Waals surface area contributed by atoms with Gasteiger partial charge >= 0.3 is 5.97 Å². The first-order chi connectivity index (χ1) is 8.43. The second-order valence-electron chi connectivity index (χ2n) is 3.58. The van der Waals surface area contributed by atoms with Gasteiger partial charge in [0.15, 0.2) is 0 Å². The maximum Gasteiger partial charge on any atom is 0.321 e. The Hall–Kier alpha value is -0.920. The quantitative estimate of drug-likeness (QED) is 0.602. The van der Waals surface area contributed by atoms with Crippen molar-refractivity contribution in [3.8, 4) is 0 Å². The Morgan fingerprint density at radius 2 is 2.00 bits per heavy atom. The van der Waals surface area contributed by atoms with E-state index in [9.17, 15) is 13.2 Å². The van der Waals surface area contributed by atoms with E-state index in [2.05, 4.69) is 20.7 Å². The predicted molar refractivity (Wildman–Crippen MR) is 70.9 cm³/mol. The van der Waals surface area contributed by atoms with Crippen molar-refractivity contribution in [2.24, 2.45) is 0 Å². The minimum atomic E-state index is -3.68. The van der Waals surface area contributed by atoms with Gasteiger partial charge in [0.05, 0.1) is 12.0 Å². The van der Waals surface area contributed by atoms with Crippen molar-refractivity contribution in [2.45, 2.75) is 10.2 Å². The summed E-state index contributed by atoms with van der Waals surface area (Å²) in [5.74, 6) is -0.600. The number of alkyl halides is 1. The first kappa shape index (κ1) is 15.1.